The van der Waals surface area contributed by atoms with E-state index in [1.54, 1.807) is 11.3 Å². The van der Waals surface area contributed by atoms with Crippen LogP contribution in [-0.2, 0) is 6.54 Å². The van der Waals surface area contributed by atoms with Gasteiger partial charge in [0.15, 0.2) is 5.69 Å². The molecule has 5 nitrogen and oxygen atoms in total. The quantitative estimate of drug-likeness (QED) is 0.692. The average molecular weight is 335 g/mol. The minimum atomic E-state index is -0.183. The Morgan fingerprint density at radius 2 is 2.30 bits per heavy atom. The van der Waals surface area contributed by atoms with E-state index < -0.39 is 0 Å². The molecule has 23 heavy (non-hydrogen) atoms. The Balaban J connectivity index is 2.14. The average Bonchev–Trinajstić information content (AvgIpc) is 3.21. The number of aliphatic hydroxyl groups excluding tert-OH is 1. The number of carbonyl (C=O) groups is 1. The second-order valence-electron chi connectivity index (χ2n) is 5.82. The normalized spacial score (nSPS) is 12.3. The van der Waals surface area contributed by atoms with Gasteiger partial charge in [0.05, 0.1) is 10.6 Å². The van der Waals surface area contributed by atoms with Gasteiger partial charge in [-0.05, 0) is 29.9 Å². The number of nitrogens with one attached hydrogen (secondary N) is 1. The summed E-state index contributed by atoms with van der Waals surface area (Å²) in [6.07, 6.45) is 3.36. The first kappa shape index (κ1) is 17.7. The number of amides is 1. The molecule has 0 aliphatic heterocycles. The van der Waals surface area contributed by atoms with Crippen LogP contribution in [0.1, 0.15) is 43.6 Å². The Morgan fingerprint density at radius 1 is 1.48 bits per heavy atom. The number of rotatable bonds is 9. The molecule has 0 aliphatic rings. The van der Waals surface area contributed by atoms with Crippen LogP contribution in [0.3, 0.4) is 0 Å². The third kappa shape index (κ3) is 4.91. The molecule has 2 aromatic heterocycles. The van der Waals surface area contributed by atoms with Gasteiger partial charge in [0, 0.05) is 19.7 Å². The van der Waals surface area contributed by atoms with E-state index in [1.807, 2.05) is 35.2 Å². The van der Waals surface area contributed by atoms with Crippen molar-refractivity contribution in [2.24, 2.45) is 5.92 Å². The highest BCUT2D eigenvalue weighted by atomic mass is 32.1. The third-order valence-electron chi connectivity index (χ3n) is 3.68. The lowest BCUT2D eigenvalue weighted by atomic mass is 10.2. The number of nitrogens with zero attached hydrogens (tertiary/aromatic N) is 2. The maximum atomic E-state index is 12.3. The molecule has 0 saturated carbocycles. The molecule has 0 saturated heterocycles. The minimum absolute atomic E-state index is 0.0438. The van der Waals surface area contributed by atoms with Gasteiger partial charge in [0.2, 0.25) is 0 Å². The van der Waals surface area contributed by atoms with E-state index in [1.165, 1.54) is 0 Å². The second kappa shape index (κ2) is 8.84. The first-order valence-electron chi connectivity index (χ1n) is 8.16. The number of aliphatic hydroxyl groups is 1. The number of hydrogen-bond acceptors (Lipinski definition) is 4. The second-order valence-corrected chi connectivity index (χ2v) is 6.77. The van der Waals surface area contributed by atoms with Gasteiger partial charge in [-0.25, -0.2) is 0 Å². The van der Waals surface area contributed by atoms with Crippen LogP contribution >= 0.6 is 11.3 Å². The van der Waals surface area contributed by atoms with Crippen LogP contribution in [0.15, 0.2) is 23.6 Å². The summed E-state index contributed by atoms with van der Waals surface area (Å²) in [7, 11) is 0. The van der Waals surface area contributed by atoms with Crippen LogP contribution in [0.5, 0.6) is 0 Å². The highest BCUT2D eigenvalue weighted by Gasteiger charge is 2.16. The van der Waals surface area contributed by atoms with Crippen molar-refractivity contribution in [3.8, 4) is 10.6 Å². The molecular weight excluding hydrogens is 310 g/mol. The van der Waals surface area contributed by atoms with Crippen molar-refractivity contribution in [1.29, 1.82) is 0 Å². The van der Waals surface area contributed by atoms with Crippen molar-refractivity contribution in [2.45, 2.75) is 39.7 Å². The summed E-state index contributed by atoms with van der Waals surface area (Å²) in [6, 6.07) is 5.91. The summed E-state index contributed by atoms with van der Waals surface area (Å²) < 4.78 is 1.94. The predicted molar refractivity (Wildman–Crippen MR) is 93.6 cm³/mol. The van der Waals surface area contributed by atoms with Crippen molar-refractivity contribution in [2.75, 3.05) is 13.2 Å². The number of aryl methyl sites for hydroxylation is 1. The van der Waals surface area contributed by atoms with E-state index >= 15 is 0 Å². The van der Waals surface area contributed by atoms with Gasteiger partial charge in [-0.2, -0.15) is 5.10 Å². The molecule has 2 heterocycles. The van der Waals surface area contributed by atoms with E-state index in [0.29, 0.717) is 12.2 Å². The smallest absolute Gasteiger partial charge is 0.271 e. The minimum Gasteiger partial charge on any atom is -0.396 e. The molecule has 126 valence electrons. The molecule has 6 heteroatoms. The van der Waals surface area contributed by atoms with Crippen LogP contribution in [0.2, 0.25) is 0 Å². The van der Waals surface area contributed by atoms with Crippen molar-refractivity contribution in [3.63, 3.8) is 0 Å². The lowest BCUT2D eigenvalue weighted by Gasteiger charge is -2.08. The lowest BCUT2D eigenvalue weighted by molar-refractivity contribution is 0.0936. The van der Waals surface area contributed by atoms with Gasteiger partial charge in [-0.15, -0.1) is 11.3 Å². The molecule has 2 N–H and O–H groups in total. The van der Waals surface area contributed by atoms with Crippen molar-refractivity contribution < 1.29 is 9.90 Å². The maximum Gasteiger partial charge on any atom is 0.271 e. The van der Waals surface area contributed by atoms with E-state index in [9.17, 15) is 4.79 Å². The Bertz CT molecular complexity index is 607. The standard InChI is InChI=1S/C17H25N3O2S/c1-3-4-5-8-20-15(16-7-6-9-23-16)10-14(19-20)17(22)18-11-13(2)12-21/h6-7,9-10,13,21H,3-5,8,11-12H2,1-2H3,(H,18,22). The summed E-state index contributed by atoms with van der Waals surface area (Å²) >= 11 is 1.65. The zero-order valence-corrected chi connectivity index (χ0v) is 14.6. The fourth-order valence-corrected chi connectivity index (χ4v) is 3.00. The molecule has 0 bridgehead atoms. The van der Waals surface area contributed by atoms with Gasteiger partial charge in [0.25, 0.3) is 5.91 Å². The number of hydrogen-bond donors (Lipinski definition) is 2. The van der Waals surface area contributed by atoms with Gasteiger partial charge >= 0.3 is 0 Å². The molecule has 0 spiro atoms. The molecule has 1 amide bonds. The molecule has 0 aliphatic carbocycles. The Morgan fingerprint density at radius 3 is 2.96 bits per heavy atom. The molecular formula is C17H25N3O2S. The van der Waals surface area contributed by atoms with Crippen LogP contribution in [0.25, 0.3) is 10.6 Å². The Hall–Kier alpha value is -1.66. The van der Waals surface area contributed by atoms with Gasteiger partial charge < -0.3 is 10.4 Å². The van der Waals surface area contributed by atoms with Crippen molar-refractivity contribution in [1.82, 2.24) is 15.1 Å². The highest BCUT2D eigenvalue weighted by molar-refractivity contribution is 7.13. The topological polar surface area (TPSA) is 67.2 Å². The number of carbonyl (C=O) groups excluding carboxylic acids is 1. The zero-order chi connectivity index (χ0) is 16.7. The Kier molecular flexibility index (Phi) is 6.80. The molecule has 0 aromatic carbocycles. The lowest BCUT2D eigenvalue weighted by Crippen LogP contribution is -2.29. The first-order valence-corrected chi connectivity index (χ1v) is 9.04. The maximum absolute atomic E-state index is 12.3. The van der Waals surface area contributed by atoms with Crippen molar-refractivity contribution in [3.05, 3.63) is 29.3 Å². The molecule has 1 atom stereocenters. The van der Waals surface area contributed by atoms with Crippen LogP contribution < -0.4 is 5.32 Å². The fraction of sp³-hybridized carbons (Fsp3) is 0.529. The summed E-state index contributed by atoms with van der Waals surface area (Å²) in [4.78, 5) is 13.4. The SMILES string of the molecule is CCCCCn1nc(C(=O)NCC(C)CO)cc1-c1cccs1. The van der Waals surface area contributed by atoms with Gasteiger partial charge in [-0.3, -0.25) is 9.48 Å². The molecule has 1 unspecified atom stereocenters. The van der Waals surface area contributed by atoms with E-state index in [0.717, 1.165) is 36.4 Å². The fourth-order valence-electron chi connectivity index (χ4n) is 2.25. The first-order chi connectivity index (χ1) is 11.2. The summed E-state index contributed by atoms with van der Waals surface area (Å²) in [5.41, 5.74) is 1.44. The van der Waals surface area contributed by atoms with Gasteiger partial charge in [-0.1, -0.05) is 32.8 Å². The van der Waals surface area contributed by atoms with E-state index in [2.05, 4.69) is 17.3 Å². The summed E-state index contributed by atoms with van der Waals surface area (Å²) in [6.45, 7) is 5.39. The summed E-state index contributed by atoms with van der Waals surface area (Å²) in [5.74, 6) is -0.139. The molecule has 0 radical (unpaired) electrons. The molecule has 2 rings (SSSR count). The van der Waals surface area contributed by atoms with E-state index in [-0.39, 0.29) is 18.4 Å². The molecule has 2 aromatic rings. The summed E-state index contributed by atoms with van der Waals surface area (Å²) in [5, 5.41) is 18.4. The number of unbranched alkanes of at least 4 members (excludes halogenated alkanes) is 2. The van der Waals surface area contributed by atoms with Crippen molar-refractivity contribution >= 4 is 17.2 Å². The van der Waals surface area contributed by atoms with Crippen LogP contribution in [-0.4, -0.2) is 33.9 Å². The monoisotopic (exact) mass is 335 g/mol. The van der Waals surface area contributed by atoms with E-state index in [4.69, 9.17) is 5.11 Å². The third-order valence-corrected chi connectivity index (χ3v) is 4.57. The zero-order valence-electron chi connectivity index (χ0n) is 13.8. The number of aromatic nitrogens is 2. The number of thiophene rings is 1. The van der Waals surface area contributed by atoms with Gasteiger partial charge in [0.1, 0.15) is 0 Å². The Labute approximate surface area is 141 Å². The predicted octanol–water partition coefficient (Wildman–Crippen LogP) is 3.16. The van der Waals surface area contributed by atoms with Crippen LogP contribution in [0, 0.1) is 5.92 Å². The highest BCUT2D eigenvalue weighted by Crippen LogP contribution is 2.26. The van der Waals surface area contributed by atoms with Crippen LogP contribution in [0.4, 0.5) is 0 Å². The largest absolute Gasteiger partial charge is 0.396 e. The molecule has 0 fully saturated rings.